The van der Waals surface area contributed by atoms with E-state index in [1.54, 1.807) is 35.7 Å². The largest absolute Gasteiger partial charge is 0.376 e. The molecule has 5 rings (SSSR count). The maximum atomic E-state index is 13.2. The maximum Gasteiger partial charge on any atom is 0.243 e. The van der Waals surface area contributed by atoms with Crippen molar-refractivity contribution in [3.63, 3.8) is 0 Å². The molecule has 1 saturated heterocycles. The molecule has 0 spiro atoms. The third-order valence-electron chi connectivity index (χ3n) is 5.16. The zero-order chi connectivity index (χ0) is 20.7. The molecule has 154 valence electrons. The van der Waals surface area contributed by atoms with Crippen molar-refractivity contribution in [2.45, 2.75) is 17.9 Å². The van der Waals surface area contributed by atoms with Crippen LogP contribution in [0.5, 0.6) is 0 Å². The van der Waals surface area contributed by atoms with Crippen molar-refractivity contribution in [3.05, 3.63) is 54.2 Å². The summed E-state index contributed by atoms with van der Waals surface area (Å²) >= 11 is 1.59. The van der Waals surface area contributed by atoms with Gasteiger partial charge in [-0.25, -0.2) is 13.4 Å². The summed E-state index contributed by atoms with van der Waals surface area (Å²) in [5.41, 5.74) is 5.15. The van der Waals surface area contributed by atoms with Gasteiger partial charge in [-0.1, -0.05) is 0 Å². The molecular formula is C21H20N4O3S2. The van der Waals surface area contributed by atoms with Crippen molar-refractivity contribution < 1.29 is 13.2 Å². The first-order valence-electron chi connectivity index (χ1n) is 9.61. The maximum absolute atomic E-state index is 13.2. The van der Waals surface area contributed by atoms with Crippen molar-refractivity contribution >= 4 is 53.9 Å². The highest BCUT2D eigenvalue weighted by molar-refractivity contribution is 7.89. The van der Waals surface area contributed by atoms with Gasteiger partial charge in [-0.2, -0.15) is 4.31 Å². The molecule has 1 unspecified atom stereocenters. The van der Waals surface area contributed by atoms with Gasteiger partial charge in [0.05, 0.1) is 38.9 Å². The molecule has 30 heavy (non-hydrogen) atoms. The molecule has 4 aromatic rings. The number of ether oxygens (including phenoxy) is 1. The molecule has 0 radical (unpaired) electrons. The van der Waals surface area contributed by atoms with Crippen LogP contribution in [0.15, 0.2) is 59.1 Å². The van der Waals surface area contributed by atoms with Crippen LogP contribution in [-0.2, 0) is 14.8 Å². The Hall–Kier alpha value is -2.59. The summed E-state index contributed by atoms with van der Waals surface area (Å²) in [7, 11) is -3.61. The van der Waals surface area contributed by atoms with Gasteiger partial charge in [0.25, 0.3) is 0 Å². The van der Waals surface area contributed by atoms with E-state index in [1.165, 1.54) is 4.31 Å². The third kappa shape index (κ3) is 3.54. The van der Waals surface area contributed by atoms with E-state index >= 15 is 0 Å². The fourth-order valence-electron chi connectivity index (χ4n) is 3.64. The number of nitrogens with one attached hydrogen (secondary N) is 1. The molecule has 0 bridgehead atoms. The van der Waals surface area contributed by atoms with Crippen LogP contribution in [0.4, 0.5) is 11.4 Å². The van der Waals surface area contributed by atoms with Crippen molar-refractivity contribution in [1.82, 2.24) is 14.3 Å². The Morgan fingerprint density at radius 2 is 2.03 bits per heavy atom. The van der Waals surface area contributed by atoms with Crippen molar-refractivity contribution in [1.29, 1.82) is 0 Å². The van der Waals surface area contributed by atoms with E-state index in [1.807, 2.05) is 36.7 Å². The lowest BCUT2D eigenvalue weighted by atomic mass is 10.2. The minimum atomic E-state index is -3.61. The fourth-order valence-corrected chi connectivity index (χ4v) is 5.82. The van der Waals surface area contributed by atoms with Gasteiger partial charge in [-0.3, -0.25) is 4.98 Å². The highest BCUT2D eigenvalue weighted by Crippen LogP contribution is 2.30. The molecule has 1 N–H and O–H groups in total. The van der Waals surface area contributed by atoms with E-state index < -0.39 is 10.0 Å². The lowest BCUT2D eigenvalue weighted by Crippen LogP contribution is -2.44. The van der Waals surface area contributed by atoms with Crippen LogP contribution >= 0.6 is 11.3 Å². The highest BCUT2D eigenvalue weighted by atomic mass is 32.2. The molecule has 7 nitrogen and oxygen atoms in total. The summed E-state index contributed by atoms with van der Waals surface area (Å²) in [6, 6.07) is 12.9. The summed E-state index contributed by atoms with van der Waals surface area (Å²) in [5.74, 6) is 0. The second kappa shape index (κ2) is 7.59. The van der Waals surface area contributed by atoms with Crippen LogP contribution in [0.3, 0.4) is 0 Å². The van der Waals surface area contributed by atoms with E-state index in [-0.39, 0.29) is 11.0 Å². The Morgan fingerprint density at radius 1 is 1.13 bits per heavy atom. The molecule has 2 aromatic heterocycles. The number of fused-ring (bicyclic) bond motifs is 2. The number of benzene rings is 2. The Morgan fingerprint density at radius 3 is 2.90 bits per heavy atom. The van der Waals surface area contributed by atoms with Crippen LogP contribution in [0.2, 0.25) is 0 Å². The van der Waals surface area contributed by atoms with Gasteiger partial charge in [-0.05, 0) is 49.4 Å². The van der Waals surface area contributed by atoms with Gasteiger partial charge in [0.2, 0.25) is 10.0 Å². The molecule has 3 heterocycles. The molecule has 1 aliphatic rings. The van der Waals surface area contributed by atoms with E-state index in [2.05, 4.69) is 15.3 Å². The SMILES string of the molecule is CC1CN(S(=O)(=O)c2ccc3nccc(Nc4ccc5scnc5c4)c3c2)CCO1. The van der Waals surface area contributed by atoms with E-state index in [9.17, 15) is 8.42 Å². The number of pyridine rings is 1. The van der Waals surface area contributed by atoms with Gasteiger partial charge in [0.15, 0.2) is 0 Å². The average molecular weight is 441 g/mol. The second-order valence-electron chi connectivity index (χ2n) is 7.24. The predicted molar refractivity (Wildman–Crippen MR) is 119 cm³/mol. The van der Waals surface area contributed by atoms with Gasteiger partial charge >= 0.3 is 0 Å². The summed E-state index contributed by atoms with van der Waals surface area (Å²) in [6.07, 6.45) is 1.60. The number of anilines is 2. The normalized spacial score (nSPS) is 18.1. The van der Waals surface area contributed by atoms with Gasteiger partial charge < -0.3 is 10.1 Å². The first-order valence-corrected chi connectivity index (χ1v) is 11.9. The number of morpholine rings is 1. The first-order chi connectivity index (χ1) is 14.5. The number of hydrogen-bond acceptors (Lipinski definition) is 7. The number of rotatable bonds is 4. The number of thiazole rings is 1. The Bertz CT molecular complexity index is 1340. The smallest absolute Gasteiger partial charge is 0.243 e. The van der Waals surface area contributed by atoms with Crippen LogP contribution in [-0.4, -0.2) is 48.5 Å². The van der Waals surface area contributed by atoms with Gasteiger partial charge in [0.1, 0.15) is 0 Å². The van der Waals surface area contributed by atoms with Crippen LogP contribution in [0.1, 0.15) is 6.92 Å². The number of aromatic nitrogens is 2. The molecular weight excluding hydrogens is 420 g/mol. The van der Waals surface area contributed by atoms with E-state index in [4.69, 9.17) is 4.74 Å². The van der Waals surface area contributed by atoms with E-state index in [0.29, 0.717) is 19.7 Å². The van der Waals surface area contributed by atoms with Crippen LogP contribution < -0.4 is 5.32 Å². The Balaban J connectivity index is 1.53. The molecule has 0 saturated carbocycles. The average Bonchev–Trinajstić information content (AvgIpc) is 3.21. The Labute approximate surface area is 178 Å². The summed E-state index contributed by atoms with van der Waals surface area (Å²) in [5, 5.41) is 4.14. The molecule has 1 fully saturated rings. The van der Waals surface area contributed by atoms with Crippen molar-refractivity contribution in [2.75, 3.05) is 25.0 Å². The van der Waals surface area contributed by atoms with E-state index in [0.717, 1.165) is 32.5 Å². The first kappa shape index (κ1) is 19.4. The monoisotopic (exact) mass is 440 g/mol. The molecule has 9 heteroatoms. The summed E-state index contributed by atoms with van der Waals surface area (Å²) < 4.78 is 34.5. The highest BCUT2D eigenvalue weighted by Gasteiger charge is 2.29. The summed E-state index contributed by atoms with van der Waals surface area (Å²) in [6.45, 7) is 3.00. The number of hydrogen-bond donors (Lipinski definition) is 1. The lowest BCUT2D eigenvalue weighted by molar-refractivity contribution is 0.0102. The molecule has 0 amide bonds. The standard InChI is InChI=1S/C21H20N4O3S2/c1-14-12-25(8-9-28-14)30(26,27)16-3-4-18-17(11-16)19(6-7-22-18)24-15-2-5-21-20(10-15)23-13-29-21/h2-7,10-11,13-14H,8-9,12H2,1H3,(H,22,24). The third-order valence-corrected chi connectivity index (χ3v) is 7.84. The van der Waals surface area contributed by atoms with Gasteiger partial charge in [-0.15, -0.1) is 11.3 Å². The van der Waals surface area contributed by atoms with Crippen molar-refractivity contribution in [3.8, 4) is 0 Å². The molecule has 1 atom stereocenters. The predicted octanol–water partition coefficient (Wildman–Crippen LogP) is 4.00. The minimum absolute atomic E-state index is 0.117. The van der Waals surface area contributed by atoms with Crippen molar-refractivity contribution in [2.24, 2.45) is 0 Å². The lowest BCUT2D eigenvalue weighted by Gasteiger charge is -2.30. The topological polar surface area (TPSA) is 84.4 Å². The zero-order valence-electron chi connectivity index (χ0n) is 16.3. The summed E-state index contributed by atoms with van der Waals surface area (Å²) in [4.78, 5) is 9.01. The van der Waals surface area contributed by atoms with Crippen LogP contribution in [0.25, 0.3) is 21.1 Å². The van der Waals surface area contributed by atoms with Gasteiger partial charge in [0, 0.05) is 36.0 Å². The Kier molecular flexibility index (Phi) is 4.90. The second-order valence-corrected chi connectivity index (χ2v) is 10.1. The molecule has 2 aromatic carbocycles. The number of sulfonamides is 1. The fraction of sp³-hybridized carbons (Fsp3) is 0.238. The van der Waals surface area contributed by atoms with Crippen LogP contribution in [0, 0.1) is 0 Å². The minimum Gasteiger partial charge on any atom is -0.376 e. The molecule has 0 aliphatic carbocycles. The number of nitrogens with zero attached hydrogens (tertiary/aromatic N) is 3. The zero-order valence-corrected chi connectivity index (χ0v) is 17.9. The quantitative estimate of drug-likeness (QED) is 0.516. The molecule has 1 aliphatic heterocycles.